The number of likely N-dealkylation sites (tertiary alicyclic amines) is 1. The molecule has 11 heteroatoms. The second-order valence-corrected chi connectivity index (χ2v) is 12.3. The highest BCUT2D eigenvalue weighted by Gasteiger charge is 2.39. The van der Waals surface area contributed by atoms with Crippen molar-refractivity contribution in [3.8, 4) is 6.07 Å². The van der Waals surface area contributed by atoms with Crippen molar-refractivity contribution in [2.75, 3.05) is 25.5 Å². The highest BCUT2D eigenvalue weighted by molar-refractivity contribution is 6.42. The zero-order chi connectivity index (χ0) is 30.9. The first-order valence-electron chi connectivity index (χ1n) is 13.2. The first-order chi connectivity index (χ1) is 19.1. The average molecular weight is 603 g/mol. The molecule has 3 rings (SSSR count). The third-order valence-corrected chi connectivity index (χ3v) is 6.57. The molecule has 1 aliphatic rings. The van der Waals surface area contributed by atoms with Gasteiger partial charge in [-0.2, -0.15) is 5.26 Å². The molecule has 1 fully saturated rings. The number of carbonyl (C=O) groups is 4. The Morgan fingerprint density at radius 3 is 2.24 bits per heavy atom. The average Bonchev–Trinajstić information content (AvgIpc) is 3.34. The number of nitrogens with zero attached hydrogens (tertiary/aromatic N) is 3. The predicted octanol–water partition coefficient (Wildman–Crippen LogP) is 5.00. The number of anilines is 1. The minimum atomic E-state index is -0.931. The van der Waals surface area contributed by atoms with E-state index in [1.54, 1.807) is 24.3 Å². The van der Waals surface area contributed by atoms with Crippen molar-refractivity contribution >= 4 is 52.5 Å². The van der Waals surface area contributed by atoms with E-state index in [1.165, 1.54) is 42.0 Å². The molecular weight excluding hydrogens is 565 g/mol. The van der Waals surface area contributed by atoms with Gasteiger partial charge < -0.3 is 20.4 Å². The topological polar surface area (TPSA) is 123 Å². The van der Waals surface area contributed by atoms with E-state index in [-0.39, 0.29) is 36.0 Å². The van der Waals surface area contributed by atoms with Crippen LogP contribution in [-0.2, 0) is 14.4 Å². The van der Waals surface area contributed by atoms with Gasteiger partial charge in [-0.25, -0.2) is 0 Å². The van der Waals surface area contributed by atoms with Crippen LogP contribution in [0.3, 0.4) is 0 Å². The van der Waals surface area contributed by atoms with Crippen LogP contribution in [0.5, 0.6) is 0 Å². The summed E-state index contributed by atoms with van der Waals surface area (Å²) in [7, 11) is 1.43. The smallest absolute Gasteiger partial charge is 0.251 e. The van der Waals surface area contributed by atoms with Gasteiger partial charge in [0.25, 0.3) is 5.91 Å². The van der Waals surface area contributed by atoms with Gasteiger partial charge in [-0.3, -0.25) is 19.2 Å². The van der Waals surface area contributed by atoms with E-state index < -0.39 is 35.7 Å². The van der Waals surface area contributed by atoms with E-state index >= 15 is 0 Å². The van der Waals surface area contributed by atoms with Crippen LogP contribution in [0.2, 0.25) is 10.0 Å². The molecule has 4 amide bonds. The number of hydrogen-bond donors (Lipinski definition) is 2. The summed E-state index contributed by atoms with van der Waals surface area (Å²) in [6, 6.07) is 13.6. The summed E-state index contributed by atoms with van der Waals surface area (Å²) in [5.41, 5.74) is 1.36. The van der Waals surface area contributed by atoms with Gasteiger partial charge in [-0.1, -0.05) is 69.1 Å². The molecule has 3 unspecified atom stereocenters. The Kier molecular flexibility index (Phi) is 12.2. The summed E-state index contributed by atoms with van der Waals surface area (Å²) in [5.74, 6) is -2.31. The number of carbonyl (C=O) groups excluding carboxylic acids is 4. The predicted molar refractivity (Wildman–Crippen MR) is 160 cm³/mol. The number of rotatable bonds is 7. The van der Waals surface area contributed by atoms with Crippen LogP contribution in [-0.4, -0.2) is 65.6 Å². The third-order valence-electron chi connectivity index (χ3n) is 5.83. The fourth-order valence-corrected chi connectivity index (χ4v) is 4.17. The molecule has 1 saturated heterocycles. The molecule has 220 valence electrons. The number of benzene rings is 2. The molecule has 2 N–H and O–H groups in total. The molecular formula is C30H37Cl2N5O4. The van der Waals surface area contributed by atoms with Gasteiger partial charge in [0.2, 0.25) is 17.7 Å². The van der Waals surface area contributed by atoms with Crippen molar-refractivity contribution in [1.29, 1.82) is 5.26 Å². The fourth-order valence-electron chi connectivity index (χ4n) is 3.87. The van der Waals surface area contributed by atoms with E-state index in [0.29, 0.717) is 16.1 Å². The normalized spacial score (nSPS) is 16.9. The lowest BCUT2D eigenvalue weighted by molar-refractivity contribution is -0.140. The van der Waals surface area contributed by atoms with Crippen LogP contribution >= 0.6 is 23.2 Å². The SMILES string of the molecule is CC(C)(C)C.CC(NC(=O)c1ccc(Cl)c(Cl)c1)C(=O)N(C)CC(=O)N1CC(C(=O)Nc2ccccc2)CC1C#N. The lowest BCUT2D eigenvalue weighted by Gasteiger charge is -2.26. The summed E-state index contributed by atoms with van der Waals surface area (Å²) >= 11 is 11.8. The van der Waals surface area contributed by atoms with Crippen molar-refractivity contribution in [3.63, 3.8) is 0 Å². The second kappa shape index (κ2) is 14.9. The first-order valence-corrected chi connectivity index (χ1v) is 13.9. The number of para-hydroxylation sites is 1. The lowest BCUT2D eigenvalue weighted by Crippen LogP contribution is -2.49. The minimum Gasteiger partial charge on any atom is -0.341 e. The number of hydrogen-bond acceptors (Lipinski definition) is 5. The maximum absolute atomic E-state index is 12.9. The van der Waals surface area contributed by atoms with Crippen LogP contribution in [0.1, 0.15) is 51.4 Å². The Balaban J connectivity index is 0.00000108. The minimum absolute atomic E-state index is 0.0708. The number of nitrogens with one attached hydrogen (secondary N) is 2. The summed E-state index contributed by atoms with van der Waals surface area (Å²) in [6.07, 6.45) is 0.203. The van der Waals surface area contributed by atoms with Crippen molar-refractivity contribution in [3.05, 3.63) is 64.1 Å². The molecule has 0 bridgehead atoms. The summed E-state index contributed by atoms with van der Waals surface area (Å²) in [5, 5.41) is 15.4. The molecule has 41 heavy (non-hydrogen) atoms. The molecule has 1 heterocycles. The fraction of sp³-hybridized carbons (Fsp3) is 0.433. The first kappa shape index (κ1) is 33.6. The van der Waals surface area contributed by atoms with Gasteiger partial charge in [-0.15, -0.1) is 0 Å². The zero-order valence-corrected chi connectivity index (χ0v) is 25.7. The Hall–Kier alpha value is -3.61. The van der Waals surface area contributed by atoms with E-state index in [2.05, 4.69) is 44.4 Å². The molecule has 0 saturated carbocycles. The summed E-state index contributed by atoms with van der Waals surface area (Å²) < 4.78 is 0. The van der Waals surface area contributed by atoms with Gasteiger partial charge in [0.15, 0.2) is 0 Å². The molecule has 0 radical (unpaired) electrons. The van der Waals surface area contributed by atoms with Crippen LogP contribution < -0.4 is 10.6 Å². The number of nitriles is 1. The molecule has 0 aliphatic carbocycles. The van der Waals surface area contributed by atoms with Gasteiger partial charge in [-0.05, 0) is 49.1 Å². The van der Waals surface area contributed by atoms with E-state index in [1.807, 2.05) is 6.07 Å². The van der Waals surface area contributed by atoms with Gasteiger partial charge in [0.05, 0.1) is 28.6 Å². The summed E-state index contributed by atoms with van der Waals surface area (Å²) in [6.45, 7) is 10.0. The molecule has 0 aromatic heterocycles. The third kappa shape index (κ3) is 10.7. The van der Waals surface area contributed by atoms with Crippen LogP contribution in [0.4, 0.5) is 5.69 Å². The maximum atomic E-state index is 12.9. The monoisotopic (exact) mass is 601 g/mol. The molecule has 2 aromatic carbocycles. The number of halogens is 2. The van der Waals surface area contributed by atoms with Crippen LogP contribution in [0.15, 0.2) is 48.5 Å². The van der Waals surface area contributed by atoms with Crippen LogP contribution in [0, 0.1) is 22.7 Å². The number of amides is 4. The lowest BCUT2D eigenvalue weighted by atomic mass is 10.0. The Morgan fingerprint density at radius 1 is 1.07 bits per heavy atom. The standard InChI is InChI=1S/C25H25Cl2N5O4.C5H12/c1-15(29-23(34)16-8-9-20(26)21(27)11-16)25(36)31(2)14-22(33)32-13-17(10-19(32)12-28)24(35)30-18-6-4-3-5-7-18;1-5(2,3)4/h3-9,11,15,17,19H,10,13-14H2,1-2H3,(H,29,34)(H,30,35);1-4H3. The highest BCUT2D eigenvalue weighted by Crippen LogP contribution is 2.25. The van der Waals surface area contributed by atoms with Crippen molar-refractivity contribution in [2.24, 2.45) is 11.3 Å². The summed E-state index contributed by atoms with van der Waals surface area (Å²) in [4.78, 5) is 53.3. The van der Waals surface area contributed by atoms with Gasteiger partial charge in [0, 0.05) is 24.8 Å². The van der Waals surface area contributed by atoms with E-state index in [0.717, 1.165) is 0 Å². The highest BCUT2D eigenvalue weighted by atomic mass is 35.5. The van der Waals surface area contributed by atoms with Gasteiger partial charge >= 0.3 is 0 Å². The zero-order valence-electron chi connectivity index (χ0n) is 24.2. The molecule has 2 aromatic rings. The van der Waals surface area contributed by atoms with Crippen molar-refractivity contribution < 1.29 is 19.2 Å². The van der Waals surface area contributed by atoms with Gasteiger partial charge in [0.1, 0.15) is 12.1 Å². The molecule has 0 spiro atoms. The molecule has 1 aliphatic heterocycles. The molecule has 3 atom stereocenters. The quantitative estimate of drug-likeness (QED) is 0.462. The van der Waals surface area contributed by atoms with E-state index in [9.17, 15) is 24.4 Å². The second-order valence-electron chi connectivity index (χ2n) is 11.5. The Morgan fingerprint density at radius 2 is 1.68 bits per heavy atom. The van der Waals surface area contributed by atoms with Crippen LogP contribution in [0.25, 0.3) is 0 Å². The van der Waals surface area contributed by atoms with E-state index in [4.69, 9.17) is 23.2 Å². The Bertz CT molecular complexity index is 1280. The largest absolute Gasteiger partial charge is 0.341 e. The number of likely N-dealkylation sites (N-methyl/N-ethyl adjacent to an activating group) is 1. The van der Waals surface area contributed by atoms with Crippen molar-refractivity contribution in [2.45, 2.75) is 53.1 Å². The van der Waals surface area contributed by atoms with Crippen molar-refractivity contribution in [1.82, 2.24) is 15.1 Å². The molecule has 9 nitrogen and oxygen atoms in total. The Labute approximate surface area is 251 Å². The maximum Gasteiger partial charge on any atom is 0.251 e.